The van der Waals surface area contributed by atoms with Crippen LogP contribution in [0.25, 0.3) is 0 Å². The largest absolute Gasteiger partial charge is 0.345 e. The van der Waals surface area contributed by atoms with E-state index in [0.717, 1.165) is 19.0 Å². The minimum absolute atomic E-state index is 0.205. The highest BCUT2D eigenvalue weighted by Gasteiger charge is 2.12. The Morgan fingerprint density at radius 2 is 1.88 bits per heavy atom. The summed E-state index contributed by atoms with van der Waals surface area (Å²) in [6.45, 7) is 4.32. The van der Waals surface area contributed by atoms with Crippen molar-refractivity contribution in [1.82, 2.24) is 10.2 Å². The van der Waals surface area contributed by atoms with Crippen LogP contribution in [0.4, 0.5) is 0 Å². The fourth-order valence-electron chi connectivity index (χ4n) is 2.26. The molecule has 16 heavy (non-hydrogen) atoms. The average Bonchev–Trinajstić information content (AvgIpc) is 2.56. The molecule has 0 radical (unpaired) electrons. The van der Waals surface area contributed by atoms with Gasteiger partial charge in [-0.05, 0) is 32.2 Å². The van der Waals surface area contributed by atoms with Crippen LogP contribution >= 0.6 is 0 Å². The second-order valence-electron chi connectivity index (χ2n) is 4.90. The molecule has 1 aliphatic carbocycles. The molecule has 0 unspecified atom stereocenters. The summed E-state index contributed by atoms with van der Waals surface area (Å²) in [7, 11) is 1.86. The molecule has 1 fully saturated rings. The molecule has 0 aromatic carbocycles. The second kappa shape index (κ2) is 7.66. The lowest BCUT2D eigenvalue weighted by molar-refractivity contribution is -0.128. The lowest BCUT2D eigenvalue weighted by Crippen LogP contribution is -2.37. The summed E-state index contributed by atoms with van der Waals surface area (Å²) in [5.74, 6) is 0.998. The standard InChI is InChI=1S/C13H26N2O/c1-3-15(2)13(16)11-14-10-12-8-6-4-5-7-9-12/h12,14H,3-11H2,1-2H3. The molecular weight excluding hydrogens is 200 g/mol. The van der Waals surface area contributed by atoms with Crippen LogP contribution in [0, 0.1) is 5.92 Å². The highest BCUT2D eigenvalue weighted by molar-refractivity contribution is 5.77. The van der Waals surface area contributed by atoms with E-state index in [4.69, 9.17) is 0 Å². The Labute approximate surface area is 99.6 Å². The van der Waals surface area contributed by atoms with Crippen molar-refractivity contribution in [3.8, 4) is 0 Å². The maximum atomic E-state index is 11.5. The molecule has 0 saturated heterocycles. The number of amides is 1. The first-order valence-corrected chi connectivity index (χ1v) is 6.68. The van der Waals surface area contributed by atoms with E-state index >= 15 is 0 Å². The molecule has 0 heterocycles. The van der Waals surface area contributed by atoms with Crippen LogP contribution in [0.5, 0.6) is 0 Å². The van der Waals surface area contributed by atoms with E-state index in [-0.39, 0.29) is 5.91 Å². The van der Waals surface area contributed by atoms with Crippen LogP contribution in [-0.2, 0) is 4.79 Å². The molecule has 1 amide bonds. The Kier molecular flexibility index (Phi) is 6.46. The van der Waals surface area contributed by atoms with Crippen LogP contribution in [0.15, 0.2) is 0 Å². The molecule has 0 spiro atoms. The summed E-state index contributed by atoms with van der Waals surface area (Å²) in [4.78, 5) is 13.3. The Bertz CT molecular complexity index is 198. The van der Waals surface area contributed by atoms with Gasteiger partial charge < -0.3 is 10.2 Å². The normalized spacial score (nSPS) is 18.1. The van der Waals surface area contributed by atoms with Gasteiger partial charge in [0.25, 0.3) is 0 Å². The van der Waals surface area contributed by atoms with Crippen molar-refractivity contribution < 1.29 is 4.79 Å². The van der Waals surface area contributed by atoms with Gasteiger partial charge in [-0.1, -0.05) is 25.7 Å². The van der Waals surface area contributed by atoms with E-state index in [1.807, 2.05) is 14.0 Å². The minimum Gasteiger partial charge on any atom is -0.345 e. The second-order valence-corrected chi connectivity index (χ2v) is 4.90. The Morgan fingerprint density at radius 1 is 1.25 bits per heavy atom. The quantitative estimate of drug-likeness (QED) is 0.727. The van der Waals surface area contributed by atoms with E-state index in [2.05, 4.69) is 5.32 Å². The summed E-state index contributed by atoms with van der Waals surface area (Å²) >= 11 is 0. The molecule has 94 valence electrons. The smallest absolute Gasteiger partial charge is 0.236 e. The van der Waals surface area contributed by atoms with Crippen LogP contribution in [0.1, 0.15) is 45.4 Å². The van der Waals surface area contributed by atoms with Crippen molar-refractivity contribution in [2.75, 3.05) is 26.7 Å². The first-order chi connectivity index (χ1) is 7.74. The Hall–Kier alpha value is -0.570. The predicted molar refractivity (Wildman–Crippen MR) is 67.4 cm³/mol. The lowest BCUT2D eigenvalue weighted by atomic mass is 10.0. The van der Waals surface area contributed by atoms with E-state index < -0.39 is 0 Å². The molecule has 0 atom stereocenters. The molecule has 3 heteroatoms. The first-order valence-electron chi connectivity index (χ1n) is 6.68. The summed E-state index contributed by atoms with van der Waals surface area (Å²) in [6, 6.07) is 0. The van der Waals surface area contributed by atoms with Crippen LogP contribution < -0.4 is 5.32 Å². The van der Waals surface area contributed by atoms with Crippen molar-refractivity contribution in [3.63, 3.8) is 0 Å². The molecule has 1 saturated carbocycles. The minimum atomic E-state index is 0.205. The zero-order valence-corrected chi connectivity index (χ0v) is 10.8. The van der Waals surface area contributed by atoms with Gasteiger partial charge in [0.15, 0.2) is 0 Å². The van der Waals surface area contributed by atoms with Gasteiger partial charge in [0.05, 0.1) is 6.54 Å². The third-order valence-electron chi connectivity index (χ3n) is 3.58. The van der Waals surface area contributed by atoms with E-state index in [0.29, 0.717) is 6.54 Å². The van der Waals surface area contributed by atoms with Crippen LogP contribution in [-0.4, -0.2) is 37.5 Å². The molecule has 0 aliphatic heterocycles. The molecule has 0 aromatic heterocycles. The van der Waals surface area contributed by atoms with Gasteiger partial charge in [0, 0.05) is 13.6 Å². The van der Waals surface area contributed by atoms with Gasteiger partial charge >= 0.3 is 0 Å². The molecule has 0 aromatic rings. The average molecular weight is 226 g/mol. The van der Waals surface area contributed by atoms with E-state index in [1.165, 1.54) is 38.5 Å². The van der Waals surface area contributed by atoms with Gasteiger partial charge in [-0.25, -0.2) is 0 Å². The van der Waals surface area contributed by atoms with E-state index in [9.17, 15) is 4.79 Å². The summed E-state index contributed by atoms with van der Waals surface area (Å²) < 4.78 is 0. The summed E-state index contributed by atoms with van der Waals surface area (Å²) in [5, 5.41) is 3.31. The molecule has 3 nitrogen and oxygen atoms in total. The SMILES string of the molecule is CCN(C)C(=O)CNCC1CCCCCC1. The fourth-order valence-corrected chi connectivity index (χ4v) is 2.26. The number of carbonyl (C=O) groups is 1. The summed E-state index contributed by atoms with van der Waals surface area (Å²) in [6.07, 6.45) is 8.21. The number of carbonyl (C=O) groups excluding carboxylic acids is 1. The number of nitrogens with one attached hydrogen (secondary N) is 1. The zero-order chi connectivity index (χ0) is 11.8. The molecule has 1 N–H and O–H groups in total. The van der Waals surface area contributed by atoms with Crippen molar-refractivity contribution in [2.24, 2.45) is 5.92 Å². The van der Waals surface area contributed by atoms with Crippen molar-refractivity contribution in [1.29, 1.82) is 0 Å². The van der Waals surface area contributed by atoms with Crippen LogP contribution in [0.2, 0.25) is 0 Å². The topological polar surface area (TPSA) is 32.3 Å². The molecule has 1 aliphatic rings. The number of hydrogen-bond donors (Lipinski definition) is 1. The first kappa shape index (κ1) is 13.5. The van der Waals surface area contributed by atoms with Gasteiger partial charge in [-0.15, -0.1) is 0 Å². The van der Waals surface area contributed by atoms with Gasteiger partial charge in [0.1, 0.15) is 0 Å². The molecule has 1 rings (SSSR count). The van der Waals surface area contributed by atoms with Gasteiger partial charge in [-0.3, -0.25) is 4.79 Å². The van der Waals surface area contributed by atoms with Gasteiger partial charge in [0.2, 0.25) is 5.91 Å². The molecule has 0 bridgehead atoms. The zero-order valence-electron chi connectivity index (χ0n) is 10.8. The Morgan fingerprint density at radius 3 is 2.44 bits per heavy atom. The number of likely N-dealkylation sites (N-methyl/N-ethyl adjacent to an activating group) is 1. The number of nitrogens with zero attached hydrogens (tertiary/aromatic N) is 1. The number of rotatable bonds is 5. The highest BCUT2D eigenvalue weighted by atomic mass is 16.2. The van der Waals surface area contributed by atoms with Crippen molar-refractivity contribution in [2.45, 2.75) is 45.4 Å². The monoisotopic (exact) mass is 226 g/mol. The number of hydrogen-bond acceptors (Lipinski definition) is 2. The lowest BCUT2D eigenvalue weighted by Gasteiger charge is -2.17. The van der Waals surface area contributed by atoms with E-state index in [1.54, 1.807) is 4.90 Å². The predicted octanol–water partition coefficient (Wildman–Crippen LogP) is 2.02. The maximum Gasteiger partial charge on any atom is 0.236 e. The highest BCUT2D eigenvalue weighted by Crippen LogP contribution is 2.21. The third-order valence-corrected chi connectivity index (χ3v) is 3.58. The van der Waals surface area contributed by atoms with Crippen molar-refractivity contribution in [3.05, 3.63) is 0 Å². The third kappa shape index (κ3) is 4.97. The van der Waals surface area contributed by atoms with Crippen molar-refractivity contribution >= 4 is 5.91 Å². The fraction of sp³-hybridized carbons (Fsp3) is 0.923. The maximum absolute atomic E-state index is 11.5. The Balaban J connectivity index is 2.11. The van der Waals surface area contributed by atoms with Gasteiger partial charge in [-0.2, -0.15) is 0 Å². The molecular formula is C13H26N2O. The van der Waals surface area contributed by atoms with Crippen LogP contribution in [0.3, 0.4) is 0 Å². The summed E-state index contributed by atoms with van der Waals surface area (Å²) in [5.41, 5.74) is 0.